The molecule has 2 aromatic heterocycles. The Morgan fingerprint density at radius 2 is 2.00 bits per heavy atom. The average Bonchev–Trinajstić information content (AvgIpc) is 3.31. The van der Waals surface area contributed by atoms with Crippen LogP contribution in [0.4, 0.5) is 0 Å². The van der Waals surface area contributed by atoms with Crippen LogP contribution in [0.3, 0.4) is 0 Å². The molecule has 3 heterocycles. The van der Waals surface area contributed by atoms with Crippen molar-refractivity contribution in [1.82, 2.24) is 15.0 Å². The van der Waals surface area contributed by atoms with E-state index in [1.165, 1.54) is 0 Å². The normalized spacial score (nSPS) is 12.8. The van der Waals surface area contributed by atoms with Gasteiger partial charge in [0.1, 0.15) is 0 Å². The van der Waals surface area contributed by atoms with E-state index in [0.29, 0.717) is 41.2 Å². The molecule has 28 heavy (non-hydrogen) atoms. The lowest BCUT2D eigenvalue weighted by Crippen LogP contribution is -2.30. The van der Waals surface area contributed by atoms with Crippen molar-refractivity contribution in [1.29, 1.82) is 0 Å². The number of rotatable bonds is 5. The van der Waals surface area contributed by atoms with Crippen molar-refractivity contribution in [2.45, 2.75) is 40.2 Å². The molecule has 0 atom stereocenters. The number of ether oxygens (including phenoxy) is 2. The lowest BCUT2D eigenvalue weighted by Gasteiger charge is -2.22. The van der Waals surface area contributed by atoms with Gasteiger partial charge in [-0.15, -0.1) is 0 Å². The van der Waals surface area contributed by atoms with E-state index in [4.69, 9.17) is 14.0 Å². The zero-order chi connectivity index (χ0) is 19.8. The van der Waals surface area contributed by atoms with Crippen LogP contribution in [0.25, 0.3) is 11.1 Å². The second kappa shape index (κ2) is 7.14. The van der Waals surface area contributed by atoms with Crippen molar-refractivity contribution in [2.75, 3.05) is 13.3 Å². The van der Waals surface area contributed by atoms with Crippen LogP contribution in [0, 0.1) is 6.92 Å². The molecule has 4 rings (SSSR count). The highest BCUT2D eigenvalue weighted by Gasteiger charge is 2.24. The largest absolute Gasteiger partial charge is 0.454 e. The number of benzene rings is 1. The van der Waals surface area contributed by atoms with Gasteiger partial charge < -0.3 is 18.9 Å². The molecule has 1 aliphatic rings. The highest BCUT2D eigenvalue weighted by atomic mass is 16.7. The van der Waals surface area contributed by atoms with Gasteiger partial charge in [-0.25, -0.2) is 4.98 Å². The maximum Gasteiger partial charge on any atom is 0.259 e. The van der Waals surface area contributed by atoms with Gasteiger partial charge in [-0.2, -0.15) is 0 Å². The van der Waals surface area contributed by atoms with E-state index in [2.05, 4.69) is 10.1 Å². The summed E-state index contributed by atoms with van der Waals surface area (Å²) in [5, 5.41) is 4.69. The highest BCUT2D eigenvalue weighted by Crippen LogP contribution is 2.33. The molecule has 0 aliphatic carbocycles. The third-order valence-electron chi connectivity index (χ3n) is 4.94. The Labute approximate surface area is 163 Å². The maximum absolute atomic E-state index is 13.4. The van der Waals surface area contributed by atoms with Crippen LogP contribution in [-0.2, 0) is 6.54 Å². The smallest absolute Gasteiger partial charge is 0.259 e. The molecule has 0 bridgehead atoms. The van der Waals surface area contributed by atoms with Crippen LogP contribution in [-0.4, -0.2) is 34.3 Å². The van der Waals surface area contributed by atoms with Crippen molar-refractivity contribution in [3.63, 3.8) is 0 Å². The predicted molar refractivity (Wildman–Crippen MR) is 104 cm³/mol. The number of aromatic nitrogens is 2. The molecule has 0 radical (unpaired) electrons. The van der Waals surface area contributed by atoms with Gasteiger partial charge in [0.2, 0.25) is 6.79 Å². The van der Waals surface area contributed by atoms with Crippen LogP contribution >= 0.6 is 0 Å². The Hall–Kier alpha value is -3.09. The second-order valence-corrected chi connectivity index (χ2v) is 7.20. The van der Waals surface area contributed by atoms with Crippen molar-refractivity contribution in [3.8, 4) is 11.5 Å². The Bertz CT molecular complexity index is 1040. The van der Waals surface area contributed by atoms with E-state index in [9.17, 15) is 4.79 Å². The summed E-state index contributed by atoms with van der Waals surface area (Å²) in [6, 6.07) is 7.61. The number of hydrogen-bond donors (Lipinski definition) is 0. The number of aryl methyl sites for hydroxylation is 1. The lowest BCUT2D eigenvalue weighted by atomic mass is 10.0. The lowest BCUT2D eigenvalue weighted by molar-refractivity contribution is 0.0754. The summed E-state index contributed by atoms with van der Waals surface area (Å²) in [6.07, 6.45) is 0. The molecule has 146 valence electrons. The summed E-state index contributed by atoms with van der Waals surface area (Å²) in [6.45, 7) is 9.14. The molecule has 0 spiro atoms. The third kappa shape index (κ3) is 3.17. The number of amides is 1. The molecule has 0 saturated heterocycles. The summed E-state index contributed by atoms with van der Waals surface area (Å²) < 4.78 is 16.2. The number of pyridine rings is 1. The molecule has 7 nitrogen and oxygen atoms in total. The number of hydrogen-bond acceptors (Lipinski definition) is 6. The van der Waals surface area contributed by atoms with Gasteiger partial charge in [-0.3, -0.25) is 4.79 Å². The Morgan fingerprint density at radius 1 is 1.21 bits per heavy atom. The van der Waals surface area contributed by atoms with E-state index >= 15 is 0 Å². The number of fused-ring (bicyclic) bond motifs is 2. The van der Waals surface area contributed by atoms with E-state index < -0.39 is 0 Å². The first-order valence-corrected chi connectivity index (χ1v) is 9.42. The topological polar surface area (TPSA) is 77.7 Å². The van der Waals surface area contributed by atoms with Crippen LogP contribution in [0.5, 0.6) is 11.5 Å². The van der Waals surface area contributed by atoms with E-state index in [0.717, 1.165) is 17.0 Å². The molecule has 3 aromatic rings. The minimum atomic E-state index is -0.0687. The van der Waals surface area contributed by atoms with Crippen molar-refractivity contribution >= 4 is 17.0 Å². The summed E-state index contributed by atoms with van der Waals surface area (Å²) in [7, 11) is 0. The van der Waals surface area contributed by atoms with Gasteiger partial charge in [0.05, 0.1) is 16.6 Å². The van der Waals surface area contributed by atoms with Gasteiger partial charge >= 0.3 is 0 Å². The maximum atomic E-state index is 13.4. The first-order chi connectivity index (χ1) is 13.5. The summed E-state index contributed by atoms with van der Waals surface area (Å²) in [5.74, 6) is 1.55. The third-order valence-corrected chi connectivity index (χ3v) is 4.94. The Kier molecular flexibility index (Phi) is 4.66. The fourth-order valence-corrected chi connectivity index (χ4v) is 3.34. The molecule has 0 fully saturated rings. The Balaban J connectivity index is 1.69. The van der Waals surface area contributed by atoms with Crippen molar-refractivity contribution in [3.05, 3.63) is 46.8 Å². The van der Waals surface area contributed by atoms with Gasteiger partial charge in [0.25, 0.3) is 11.6 Å². The fourth-order valence-electron chi connectivity index (χ4n) is 3.34. The fraction of sp³-hybridized carbons (Fsp3) is 0.381. The van der Waals surface area contributed by atoms with Gasteiger partial charge in [0, 0.05) is 18.8 Å². The molecular formula is C21H23N3O4. The zero-order valence-electron chi connectivity index (χ0n) is 16.5. The molecule has 1 aliphatic heterocycles. The molecule has 1 amide bonds. The first-order valence-electron chi connectivity index (χ1n) is 9.42. The highest BCUT2D eigenvalue weighted by molar-refractivity contribution is 6.06. The van der Waals surface area contributed by atoms with Gasteiger partial charge in [0.15, 0.2) is 11.5 Å². The molecule has 0 N–H and O–H groups in total. The average molecular weight is 381 g/mol. The zero-order valence-corrected chi connectivity index (χ0v) is 16.5. The van der Waals surface area contributed by atoms with Gasteiger partial charge in [-0.05, 0) is 43.5 Å². The van der Waals surface area contributed by atoms with Crippen molar-refractivity contribution in [2.24, 2.45) is 0 Å². The molecule has 1 aromatic carbocycles. The number of nitrogens with zero attached hydrogens (tertiary/aromatic N) is 3. The molecular weight excluding hydrogens is 358 g/mol. The van der Waals surface area contributed by atoms with Crippen LogP contribution in [0.15, 0.2) is 28.8 Å². The van der Waals surface area contributed by atoms with Crippen LogP contribution < -0.4 is 9.47 Å². The monoisotopic (exact) mass is 381 g/mol. The quantitative estimate of drug-likeness (QED) is 0.664. The summed E-state index contributed by atoms with van der Waals surface area (Å²) in [5.41, 5.74) is 3.45. The van der Waals surface area contributed by atoms with Crippen LogP contribution in [0.2, 0.25) is 0 Å². The van der Waals surface area contributed by atoms with E-state index in [-0.39, 0.29) is 18.6 Å². The summed E-state index contributed by atoms with van der Waals surface area (Å²) in [4.78, 5) is 19.7. The SMILES string of the molecule is CCN(Cc1ccc2c(c1)OCO2)C(=O)c1cc(C(C)C)nc2onc(C)c12. The standard InChI is InChI=1S/C21H23N3O4/c1-5-24(10-14-6-7-17-18(8-14)27-11-26-17)21(25)15-9-16(12(2)3)22-20-19(15)13(4)23-28-20/h6-9,12H,5,10-11H2,1-4H3. The van der Waals surface area contributed by atoms with E-state index in [1.807, 2.05) is 52.0 Å². The second-order valence-electron chi connectivity index (χ2n) is 7.20. The number of carbonyl (C=O) groups is 1. The van der Waals surface area contributed by atoms with Crippen molar-refractivity contribution < 1.29 is 18.8 Å². The molecule has 0 saturated carbocycles. The minimum absolute atomic E-state index is 0.0687. The van der Waals surface area contributed by atoms with Gasteiger partial charge in [-0.1, -0.05) is 25.1 Å². The van der Waals surface area contributed by atoms with E-state index in [1.54, 1.807) is 4.90 Å². The number of carbonyl (C=O) groups excluding carboxylic acids is 1. The molecule has 7 heteroatoms. The first kappa shape index (κ1) is 18.3. The minimum Gasteiger partial charge on any atom is -0.454 e. The Morgan fingerprint density at radius 3 is 2.75 bits per heavy atom. The van der Waals surface area contributed by atoms with Crippen LogP contribution in [0.1, 0.15) is 54.0 Å². The molecule has 0 unspecified atom stereocenters. The summed E-state index contributed by atoms with van der Waals surface area (Å²) >= 11 is 0. The predicted octanol–water partition coefficient (Wildman–Crippen LogP) is 4.05.